The second-order valence-corrected chi connectivity index (χ2v) is 20.9. The van der Waals surface area contributed by atoms with E-state index in [0.717, 1.165) is 78.1 Å². The highest BCUT2D eigenvalue weighted by atomic mass is 16.7. The van der Waals surface area contributed by atoms with Gasteiger partial charge in [0.15, 0.2) is 0 Å². The third-order valence-electron chi connectivity index (χ3n) is 15.1. The predicted octanol–water partition coefficient (Wildman–Crippen LogP) is 11.9. The van der Waals surface area contributed by atoms with Crippen LogP contribution in [0.5, 0.6) is 23.0 Å². The van der Waals surface area contributed by atoms with Gasteiger partial charge in [0.2, 0.25) is 11.7 Å². The first-order valence-corrected chi connectivity index (χ1v) is 26.1. The second-order valence-electron chi connectivity index (χ2n) is 20.9. The molecule has 2 saturated carbocycles. The molecule has 1 heterocycles. The lowest BCUT2D eigenvalue weighted by Crippen LogP contribution is -2.70. The zero-order valence-electron chi connectivity index (χ0n) is 42.9. The standard InChI is InChI=1S/C59H75N3O10/c1-7-33-69-59-53(62(54(65)30-25-39-17-8-9-18-39)38-42-22-16-21-40-19-10-11-23-45(40)42)37-50(61-72-58(2,3)4)47-34-41(20-12-14-31-63)46(24-13-15-32-64)55(56(47)59)48-35-44(27-29-51(48)71-59)70-57(66)60-49-28-26-43(67-5)36-52(49)68-6/h7,10-11,16,19,21-23,26-29,34-36,39,41,46,53,55-56,63-64H,1,8-9,12-15,17-18,20,24-25,30-33,37-38H2,2-6H3,(H,60,66)/t41-,46+,53-,55+,56+,59+/m0/s1. The number of aliphatic hydroxyl groups is 2. The van der Waals surface area contributed by atoms with Crippen molar-refractivity contribution in [1.29, 1.82) is 0 Å². The first kappa shape index (κ1) is 52.4. The summed E-state index contributed by atoms with van der Waals surface area (Å²) >= 11 is 0. The molecule has 4 aliphatic rings. The van der Waals surface area contributed by atoms with Crippen molar-refractivity contribution in [3.63, 3.8) is 0 Å². The lowest BCUT2D eigenvalue weighted by Gasteiger charge is -2.60. The van der Waals surface area contributed by atoms with Gasteiger partial charge in [-0.3, -0.25) is 10.1 Å². The molecule has 1 aliphatic heterocycles. The zero-order chi connectivity index (χ0) is 50.8. The molecule has 0 aromatic heterocycles. The average Bonchev–Trinajstić information content (AvgIpc) is 3.91. The van der Waals surface area contributed by atoms with Gasteiger partial charge < -0.3 is 43.6 Å². The smallest absolute Gasteiger partial charge is 0.417 e. The van der Waals surface area contributed by atoms with E-state index in [0.29, 0.717) is 60.4 Å². The van der Waals surface area contributed by atoms with Crippen molar-refractivity contribution in [1.82, 2.24) is 4.90 Å². The van der Waals surface area contributed by atoms with Gasteiger partial charge in [0.05, 0.1) is 38.1 Å². The SMILES string of the molecule is C=CCO[C@@]12Oc3ccc(OC(=O)Nc4ccc(OC)cc4OC)cc3[C@H]3[C@H](CCCCO)[C@@H](CCCCO)C=C(C(=NOC(C)(C)C)C[C@@H]1N(Cc1cccc4ccccc14)C(=O)CCC1CCCC1)[C@H]32. The number of unbranched alkanes of at least 4 members (excludes halogenated alkanes) is 2. The molecular weight excluding hydrogens is 911 g/mol. The Bertz CT molecular complexity index is 2580. The van der Waals surface area contributed by atoms with Gasteiger partial charge in [0, 0.05) is 50.1 Å². The summed E-state index contributed by atoms with van der Waals surface area (Å²) < 4.78 is 31.9. The maximum atomic E-state index is 15.5. The van der Waals surface area contributed by atoms with Crippen LogP contribution in [0.4, 0.5) is 10.5 Å². The highest BCUT2D eigenvalue weighted by Gasteiger charge is 2.65. The minimum Gasteiger partial charge on any atom is -0.497 e. The molecule has 3 aliphatic carbocycles. The minimum atomic E-state index is -1.46. The van der Waals surface area contributed by atoms with Crippen molar-refractivity contribution in [3.05, 3.63) is 114 Å². The number of hydrogen-bond acceptors (Lipinski definition) is 11. The summed E-state index contributed by atoms with van der Waals surface area (Å²) in [5, 5.41) is 30.2. The number of rotatable bonds is 22. The molecule has 0 bridgehead atoms. The highest BCUT2D eigenvalue weighted by Crippen LogP contribution is 2.62. The summed E-state index contributed by atoms with van der Waals surface area (Å²) in [5.74, 6) is 0.0478. The number of carbonyl (C=O) groups is 2. The summed E-state index contributed by atoms with van der Waals surface area (Å²) in [4.78, 5) is 37.7. The largest absolute Gasteiger partial charge is 0.497 e. The van der Waals surface area contributed by atoms with Crippen LogP contribution in [0.25, 0.3) is 10.8 Å². The lowest BCUT2D eigenvalue weighted by molar-refractivity contribution is -0.258. The van der Waals surface area contributed by atoms with Crippen molar-refractivity contribution < 1.29 is 48.3 Å². The molecule has 4 aromatic carbocycles. The maximum Gasteiger partial charge on any atom is 0.417 e. The maximum absolute atomic E-state index is 15.5. The van der Waals surface area contributed by atoms with Crippen LogP contribution >= 0.6 is 0 Å². The molecule has 0 saturated heterocycles. The van der Waals surface area contributed by atoms with Crippen LogP contribution in [0.15, 0.2) is 108 Å². The van der Waals surface area contributed by atoms with Crippen molar-refractivity contribution >= 4 is 34.2 Å². The van der Waals surface area contributed by atoms with Crippen LogP contribution in [-0.2, 0) is 20.9 Å². The van der Waals surface area contributed by atoms with Gasteiger partial charge in [-0.15, -0.1) is 6.58 Å². The zero-order valence-corrected chi connectivity index (χ0v) is 42.9. The third kappa shape index (κ3) is 11.8. The molecule has 0 unspecified atom stereocenters. The van der Waals surface area contributed by atoms with Gasteiger partial charge in [-0.25, -0.2) is 4.79 Å². The molecule has 2 fully saturated rings. The van der Waals surface area contributed by atoms with Gasteiger partial charge in [-0.1, -0.05) is 98.3 Å². The number of ether oxygens (including phenoxy) is 5. The Balaban J connectivity index is 1.31. The monoisotopic (exact) mass is 986 g/mol. The molecule has 13 heteroatoms. The average molecular weight is 986 g/mol. The van der Waals surface area contributed by atoms with Crippen LogP contribution in [-0.4, -0.2) is 84.3 Å². The van der Waals surface area contributed by atoms with Crippen LogP contribution in [0.1, 0.15) is 121 Å². The molecule has 4 aromatic rings. The number of allylic oxidation sites excluding steroid dienone is 1. The van der Waals surface area contributed by atoms with Crippen LogP contribution in [0.2, 0.25) is 0 Å². The van der Waals surface area contributed by atoms with Crippen molar-refractivity contribution in [3.8, 4) is 23.0 Å². The number of aliphatic hydroxyl groups excluding tert-OH is 2. The molecular formula is C59H75N3O10. The van der Waals surface area contributed by atoms with E-state index in [1.54, 1.807) is 37.5 Å². The van der Waals surface area contributed by atoms with E-state index in [4.69, 9.17) is 33.7 Å². The second kappa shape index (κ2) is 23.8. The van der Waals surface area contributed by atoms with Gasteiger partial charge in [0.1, 0.15) is 34.6 Å². The number of nitrogens with one attached hydrogen (secondary N) is 1. The van der Waals surface area contributed by atoms with Crippen LogP contribution < -0.4 is 24.3 Å². The van der Waals surface area contributed by atoms with Crippen LogP contribution in [0, 0.1) is 23.7 Å². The summed E-state index contributed by atoms with van der Waals surface area (Å²) in [5.41, 5.74) is 3.29. The summed E-state index contributed by atoms with van der Waals surface area (Å²) in [6.07, 6.45) is 13.8. The molecule has 0 spiro atoms. The molecule has 3 N–H and O–H groups in total. The number of fused-ring (bicyclic) bond motifs is 3. The van der Waals surface area contributed by atoms with Gasteiger partial charge >= 0.3 is 6.09 Å². The Morgan fingerprint density at radius 3 is 2.39 bits per heavy atom. The summed E-state index contributed by atoms with van der Waals surface area (Å²) in [6.45, 7) is 10.6. The number of benzene rings is 4. The Hall–Kier alpha value is -5.89. The number of hydrogen-bond donors (Lipinski definition) is 3. The van der Waals surface area contributed by atoms with Crippen molar-refractivity contribution in [2.75, 3.05) is 39.4 Å². The first-order valence-electron chi connectivity index (χ1n) is 26.1. The normalized spacial score (nSPS) is 23.1. The first-order chi connectivity index (χ1) is 34.9. The summed E-state index contributed by atoms with van der Waals surface area (Å²) in [7, 11) is 3.08. The molecule has 6 atom stereocenters. The van der Waals surface area contributed by atoms with E-state index in [1.165, 1.54) is 20.0 Å². The van der Waals surface area contributed by atoms with Crippen LogP contribution in [0.3, 0.4) is 0 Å². The van der Waals surface area contributed by atoms with Gasteiger partial charge in [-0.2, -0.15) is 0 Å². The quantitative estimate of drug-likeness (QED) is 0.0393. The Morgan fingerprint density at radius 2 is 1.65 bits per heavy atom. The Morgan fingerprint density at radius 1 is 0.903 bits per heavy atom. The number of carbonyl (C=O) groups excluding carboxylic acids is 2. The lowest BCUT2D eigenvalue weighted by atomic mass is 9.55. The minimum absolute atomic E-state index is 0.0150. The fraction of sp³-hybridized carbons (Fsp3) is 0.508. The predicted molar refractivity (Wildman–Crippen MR) is 281 cm³/mol. The number of amides is 2. The fourth-order valence-corrected chi connectivity index (χ4v) is 11.8. The van der Waals surface area contributed by atoms with E-state index < -0.39 is 29.4 Å². The van der Waals surface area contributed by atoms with E-state index in [2.05, 4.69) is 48.3 Å². The number of methoxy groups -OCH3 is 2. The van der Waals surface area contributed by atoms with Gasteiger partial charge in [0.25, 0.3) is 0 Å². The van der Waals surface area contributed by atoms with Crippen molar-refractivity contribution in [2.45, 2.75) is 134 Å². The molecule has 386 valence electrons. The molecule has 13 nitrogen and oxygen atoms in total. The highest BCUT2D eigenvalue weighted by molar-refractivity contribution is 6.03. The van der Waals surface area contributed by atoms with Crippen molar-refractivity contribution in [2.24, 2.45) is 28.8 Å². The fourth-order valence-electron chi connectivity index (χ4n) is 11.8. The Labute approximate surface area is 425 Å². The van der Waals surface area contributed by atoms with E-state index in [-0.39, 0.29) is 49.9 Å². The molecule has 72 heavy (non-hydrogen) atoms. The molecule has 0 radical (unpaired) electrons. The van der Waals surface area contributed by atoms with E-state index in [9.17, 15) is 15.0 Å². The van der Waals surface area contributed by atoms with Gasteiger partial charge in [-0.05, 0) is 123 Å². The topological polar surface area (TPSA) is 158 Å². The van der Waals surface area contributed by atoms with E-state index in [1.807, 2.05) is 49.9 Å². The number of oxime groups is 1. The Kier molecular flexibility index (Phi) is 17.3. The number of nitrogens with zero attached hydrogens (tertiary/aromatic N) is 2. The molecule has 8 rings (SSSR count). The number of anilines is 1. The van der Waals surface area contributed by atoms with E-state index >= 15 is 4.79 Å². The summed E-state index contributed by atoms with van der Waals surface area (Å²) in [6, 6.07) is 24.5. The third-order valence-corrected chi connectivity index (χ3v) is 15.1. The molecule has 2 amide bonds.